The van der Waals surface area contributed by atoms with Gasteiger partial charge in [0.05, 0.1) is 23.8 Å². The quantitative estimate of drug-likeness (QED) is 0.762. The van der Waals surface area contributed by atoms with Crippen molar-refractivity contribution in [3.8, 4) is 0 Å². The number of aromatic nitrogens is 1. The van der Waals surface area contributed by atoms with Crippen LogP contribution in [0.1, 0.15) is 47.4 Å². The normalized spacial score (nSPS) is 17.6. The van der Waals surface area contributed by atoms with Gasteiger partial charge < -0.3 is 9.47 Å². The van der Waals surface area contributed by atoms with E-state index < -0.39 is 5.41 Å². The van der Waals surface area contributed by atoms with Crippen LogP contribution in [0.25, 0.3) is 0 Å². The van der Waals surface area contributed by atoms with Crippen LogP contribution in [-0.2, 0) is 9.47 Å². The first kappa shape index (κ1) is 12.7. The topological polar surface area (TPSA) is 48.4 Å². The Morgan fingerprint density at radius 2 is 1.94 bits per heavy atom. The zero-order valence-corrected chi connectivity index (χ0v) is 11.4. The molecule has 94 valence electrons. The van der Waals surface area contributed by atoms with Gasteiger partial charge in [-0.15, -0.1) is 11.3 Å². The number of carbonyl (C=O) groups is 1. The minimum atomic E-state index is -0.404. The van der Waals surface area contributed by atoms with Gasteiger partial charge in [0.15, 0.2) is 17.1 Å². The smallest absolute Gasteiger partial charge is 0.196 e. The highest BCUT2D eigenvalue weighted by Crippen LogP contribution is 2.33. The van der Waals surface area contributed by atoms with Crippen LogP contribution in [0.15, 0.2) is 0 Å². The first-order valence-electron chi connectivity index (χ1n) is 5.65. The van der Waals surface area contributed by atoms with Gasteiger partial charge in [-0.05, 0) is 6.92 Å². The van der Waals surface area contributed by atoms with Crippen molar-refractivity contribution >= 4 is 17.1 Å². The van der Waals surface area contributed by atoms with E-state index in [1.807, 2.05) is 27.7 Å². The van der Waals surface area contributed by atoms with E-state index in [4.69, 9.17) is 9.47 Å². The lowest BCUT2D eigenvalue weighted by Crippen LogP contribution is -2.19. The van der Waals surface area contributed by atoms with Crippen LogP contribution in [0.5, 0.6) is 0 Å². The number of carbonyl (C=O) groups excluding carboxylic acids is 1. The molecule has 1 aliphatic heterocycles. The van der Waals surface area contributed by atoms with Gasteiger partial charge >= 0.3 is 0 Å². The Balaban J connectivity index is 2.27. The standard InChI is InChI=1S/C12H17NO3S/c1-7-8(11-15-5-6-16-11)17-10(13-7)9(14)12(2,3)4/h11H,5-6H2,1-4H3. The van der Waals surface area contributed by atoms with Crippen LogP contribution in [0.4, 0.5) is 0 Å². The molecule has 2 heterocycles. The summed E-state index contributed by atoms with van der Waals surface area (Å²) in [5.41, 5.74) is 0.424. The number of ether oxygens (including phenoxy) is 2. The van der Waals surface area contributed by atoms with E-state index in [-0.39, 0.29) is 12.1 Å². The third-order valence-corrected chi connectivity index (χ3v) is 3.72. The number of aryl methyl sites for hydroxylation is 1. The maximum Gasteiger partial charge on any atom is 0.196 e. The monoisotopic (exact) mass is 255 g/mol. The second-order valence-corrected chi connectivity index (χ2v) is 6.15. The maximum atomic E-state index is 12.1. The molecule has 0 atom stereocenters. The van der Waals surface area contributed by atoms with Crippen molar-refractivity contribution in [2.45, 2.75) is 34.0 Å². The second kappa shape index (κ2) is 4.48. The summed E-state index contributed by atoms with van der Waals surface area (Å²) in [6, 6.07) is 0. The van der Waals surface area contributed by atoms with Gasteiger partial charge in [0.1, 0.15) is 0 Å². The van der Waals surface area contributed by atoms with Crippen molar-refractivity contribution in [3.05, 3.63) is 15.6 Å². The Kier molecular flexibility index (Phi) is 3.34. The van der Waals surface area contributed by atoms with Crippen molar-refractivity contribution in [1.29, 1.82) is 0 Å². The summed E-state index contributed by atoms with van der Waals surface area (Å²) in [6.07, 6.45) is -0.339. The lowest BCUT2D eigenvalue weighted by atomic mass is 9.91. The number of Topliss-reactive ketones (excluding diaryl/α,β-unsaturated/α-hetero) is 1. The molecule has 1 aromatic heterocycles. The van der Waals surface area contributed by atoms with Gasteiger partial charge in [-0.3, -0.25) is 4.79 Å². The molecule has 4 nitrogen and oxygen atoms in total. The van der Waals surface area contributed by atoms with Gasteiger partial charge in [0.2, 0.25) is 0 Å². The third kappa shape index (κ3) is 2.56. The molecule has 1 aliphatic rings. The zero-order valence-electron chi connectivity index (χ0n) is 10.6. The van der Waals surface area contributed by atoms with Crippen molar-refractivity contribution in [1.82, 2.24) is 4.98 Å². The lowest BCUT2D eigenvalue weighted by molar-refractivity contribution is -0.0418. The second-order valence-electron chi connectivity index (χ2n) is 5.12. The van der Waals surface area contributed by atoms with E-state index in [0.717, 1.165) is 10.6 Å². The molecule has 0 radical (unpaired) electrons. The number of nitrogens with zero attached hydrogens (tertiary/aromatic N) is 1. The summed E-state index contributed by atoms with van der Waals surface area (Å²) in [7, 11) is 0. The minimum Gasteiger partial charge on any atom is -0.345 e. The van der Waals surface area contributed by atoms with E-state index in [1.165, 1.54) is 11.3 Å². The van der Waals surface area contributed by atoms with Crippen LogP contribution in [0.3, 0.4) is 0 Å². The molecule has 0 saturated carbocycles. The number of thiazole rings is 1. The van der Waals surface area contributed by atoms with Crippen molar-refractivity contribution in [3.63, 3.8) is 0 Å². The summed E-state index contributed by atoms with van der Waals surface area (Å²) in [4.78, 5) is 17.4. The molecule has 0 amide bonds. The first-order valence-corrected chi connectivity index (χ1v) is 6.46. The van der Waals surface area contributed by atoms with Gasteiger partial charge in [0.25, 0.3) is 0 Å². The largest absolute Gasteiger partial charge is 0.345 e. The highest BCUT2D eigenvalue weighted by atomic mass is 32.1. The fourth-order valence-corrected chi connectivity index (χ4v) is 2.77. The molecule has 0 unspecified atom stereocenters. The van der Waals surface area contributed by atoms with Gasteiger partial charge in [0, 0.05) is 5.41 Å². The van der Waals surface area contributed by atoms with Crippen LogP contribution in [-0.4, -0.2) is 24.0 Å². The van der Waals surface area contributed by atoms with E-state index >= 15 is 0 Å². The predicted molar refractivity (Wildman–Crippen MR) is 65.3 cm³/mol. The molecule has 0 bridgehead atoms. The molecule has 0 aromatic carbocycles. The molecule has 0 spiro atoms. The fourth-order valence-electron chi connectivity index (χ4n) is 1.55. The van der Waals surface area contributed by atoms with E-state index in [0.29, 0.717) is 18.2 Å². The summed E-state index contributed by atoms with van der Waals surface area (Å²) < 4.78 is 10.9. The van der Waals surface area contributed by atoms with Gasteiger partial charge in [-0.1, -0.05) is 20.8 Å². The van der Waals surface area contributed by atoms with Crippen molar-refractivity contribution < 1.29 is 14.3 Å². The lowest BCUT2D eigenvalue weighted by Gasteiger charge is -2.13. The SMILES string of the molecule is Cc1nc(C(=O)C(C)(C)C)sc1C1OCCO1. The van der Waals surface area contributed by atoms with Crippen molar-refractivity contribution in [2.24, 2.45) is 5.41 Å². The zero-order chi connectivity index (χ0) is 12.6. The third-order valence-electron chi connectivity index (χ3n) is 2.54. The Labute approximate surface area is 105 Å². The molecular weight excluding hydrogens is 238 g/mol. The number of ketones is 1. The molecule has 1 aromatic rings. The molecule has 0 N–H and O–H groups in total. The first-order chi connectivity index (χ1) is 7.89. The molecule has 0 aliphatic carbocycles. The van der Waals surface area contributed by atoms with Crippen molar-refractivity contribution in [2.75, 3.05) is 13.2 Å². The fraction of sp³-hybridized carbons (Fsp3) is 0.667. The van der Waals surface area contributed by atoms with Crippen LogP contribution >= 0.6 is 11.3 Å². The Hall–Kier alpha value is -0.780. The number of hydrogen-bond acceptors (Lipinski definition) is 5. The molecule has 1 saturated heterocycles. The van der Waals surface area contributed by atoms with E-state index in [9.17, 15) is 4.79 Å². The maximum absolute atomic E-state index is 12.1. The van der Waals surface area contributed by atoms with Crippen LogP contribution in [0, 0.1) is 12.3 Å². The Bertz CT molecular complexity index is 427. The van der Waals surface area contributed by atoms with Gasteiger partial charge in [-0.2, -0.15) is 0 Å². The number of rotatable bonds is 2. The van der Waals surface area contributed by atoms with E-state index in [1.54, 1.807) is 0 Å². The summed E-state index contributed by atoms with van der Waals surface area (Å²) in [6.45, 7) is 8.78. The van der Waals surface area contributed by atoms with Gasteiger partial charge in [-0.25, -0.2) is 4.98 Å². The molecule has 17 heavy (non-hydrogen) atoms. The van der Waals surface area contributed by atoms with E-state index in [2.05, 4.69) is 4.98 Å². The molecular formula is C12H17NO3S. The summed E-state index contributed by atoms with van der Waals surface area (Å²) in [5, 5.41) is 0.545. The molecule has 1 fully saturated rings. The summed E-state index contributed by atoms with van der Waals surface area (Å²) >= 11 is 1.38. The highest BCUT2D eigenvalue weighted by Gasteiger charge is 2.29. The summed E-state index contributed by atoms with van der Waals surface area (Å²) in [5.74, 6) is 0.0647. The predicted octanol–water partition coefficient (Wildman–Crippen LogP) is 2.73. The average Bonchev–Trinajstić information content (AvgIpc) is 2.83. The molecule has 2 rings (SSSR count). The number of hydrogen-bond donors (Lipinski definition) is 0. The van der Waals surface area contributed by atoms with Crippen LogP contribution in [0.2, 0.25) is 0 Å². The highest BCUT2D eigenvalue weighted by molar-refractivity contribution is 7.13. The van der Waals surface area contributed by atoms with Crippen LogP contribution < -0.4 is 0 Å². The Morgan fingerprint density at radius 1 is 1.35 bits per heavy atom. The average molecular weight is 255 g/mol. The molecule has 5 heteroatoms. The Morgan fingerprint density at radius 3 is 2.47 bits per heavy atom. The minimum absolute atomic E-state index is 0.0647.